The SMILES string of the molecule is CN(C)CCCOc1cc(F)c(CNc2nc3nc(O[C@@H]4CO[C@H]5[C@@H]4OC[C@H]5O)[nH]c3cc2Cl)c(F)c1. The van der Waals surface area contributed by atoms with Crippen LogP contribution in [0, 0.1) is 11.6 Å². The number of aromatic nitrogens is 3. The molecule has 3 aromatic rings. The van der Waals surface area contributed by atoms with Crippen LogP contribution in [0.25, 0.3) is 11.2 Å². The number of nitrogens with zero attached hydrogens (tertiary/aromatic N) is 3. The number of aliphatic hydroxyl groups excluding tert-OH is 1. The van der Waals surface area contributed by atoms with Crippen molar-refractivity contribution < 1.29 is 32.8 Å². The average molecular weight is 540 g/mol. The van der Waals surface area contributed by atoms with E-state index in [1.807, 2.05) is 19.0 Å². The number of fused-ring (bicyclic) bond motifs is 2. The molecular weight excluding hydrogens is 512 g/mol. The Kier molecular flexibility index (Phi) is 7.63. The molecule has 0 amide bonds. The van der Waals surface area contributed by atoms with Gasteiger partial charge < -0.3 is 39.3 Å². The van der Waals surface area contributed by atoms with Crippen molar-refractivity contribution in [3.05, 3.63) is 40.4 Å². The lowest BCUT2D eigenvalue weighted by Crippen LogP contribution is -2.34. The van der Waals surface area contributed by atoms with Crippen molar-refractivity contribution in [1.29, 1.82) is 0 Å². The minimum atomic E-state index is -0.737. The summed E-state index contributed by atoms with van der Waals surface area (Å²) in [5.41, 5.74) is 0.646. The van der Waals surface area contributed by atoms with E-state index in [0.717, 1.165) is 25.1 Å². The van der Waals surface area contributed by atoms with E-state index < -0.39 is 36.1 Å². The number of anilines is 1. The Bertz CT molecular complexity index is 1240. The van der Waals surface area contributed by atoms with Crippen molar-refractivity contribution in [2.45, 2.75) is 37.4 Å². The zero-order valence-electron chi connectivity index (χ0n) is 20.3. The van der Waals surface area contributed by atoms with E-state index in [0.29, 0.717) is 17.8 Å². The Hall–Kier alpha value is -2.77. The number of pyridine rings is 1. The Morgan fingerprint density at radius 2 is 1.92 bits per heavy atom. The van der Waals surface area contributed by atoms with Gasteiger partial charge in [0.05, 0.1) is 30.4 Å². The zero-order chi connectivity index (χ0) is 26.1. The third kappa shape index (κ3) is 5.73. The summed E-state index contributed by atoms with van der Waals surface area (Å²) in [6, 6.07) is 4.10. The van der Waals surface area contributed by atoms with Crippen LogP contribution in [0.15, 0.2) is 18.2 Å². The summed E-state index contributed by atoms with van der Waals surface area (Å²) in [6.45, 7) is 1.42. The Morgan fingerprint density at radius 1 is 1.16 bits per heavy atom. The molecule has 0 saturated carbocycles. The first-order valence-electron chi connectivity index (χ1n) is 11.9. The molecule has 200 valence electrons. The number of ether oxygens (including phenoxy) is 4. The smallest absolute Gasteiger partial charge is 0.296 e. The number of nitrogens with one attached hydrogen (secondary N) is 2. The van der Waals surface area contributed by atoms with Crippen LogP contribution in [0.2, 0.25) is 5.02 Å². The van der Waals surface area contributed by atoms with Gasteiger partial charge in [0, 0.05) is 30.8 Å². The quantitative estimate of drug-likeness (QED) is 0.335. The van der Waals surface area contributed by atoms with Gasteiger partial charge in [-0.15, -0.1) is 0 Å². The van der Waals surface area contributed by atoms with E-state index in [1.165, 1.54) is 0 Å². The predicted octanol–water partition coefficient (Wildman–Crippen LogP) is 2.74. The monoisotopic (exact) mass is 539 g/mol. The molecule has 2 aromatic heterocycles. The van der Waals surface area contributed by atoms with E-state index in [4.69, 9.17) is 30.5 Å². The summed E-state index contributed by atoms with van der Waals surface area (Å²) in [4.78, 5) is 13.7. The Morgan fingerprint density at radius 3 is 2.68 bits per heavy atom. The second-order valence-electron chi connectivity index (χ2n) is 9.28. The molecule has 0 aliphatic carbocycles. The maximum absolute atomic E-state index is 14.6. The molecular formula is C24H28ClF2N5O5. The van der Waals surface area contributed by atoms with Crippen molar-refractivity contribution in [2.24, 2.45) is 0 Å². The van der Waals surface area contributed by atoms with Crippen LogP contribution in [0.4, 0.5) is 14.6 Å². The molecule has 0 unspecified atom stereocenters. The van der Waals surface area contributed by atoms with Crippen LogP contribution in [0.5, 0.6) is 11.8 Å². The van der Waals surface area contributed by atoms with Gasteiger partial charge in [-0.25, -0.2) is 13.8 Å². The van der Waals surface area contributed by atoms with Gasteiger partial charge in [0.2, 0.25) is 0 Å². The molecule has 2 aliphatic heterocycles. The first-order chi connectivity index (χ1) is 17.8. The number of aromatic amines is 1. The fourth-order valence-electron chi connectivity index (χ4n) is 4.34. The number of hydrogen-bond donors (Lipinski definition) is 3. The summed E-state index contributed by atoms with van der Waals surface area (Å²) in [7, 11) is 3.88. The fourth-order valence-corrected chi connectivity index (χ4v) is 4.56. The number of aliphatic hydroxyl groups is 1. The molecule has 1 aromatic carbocycles. The lowest BCUT2D eigenvalue weighted by molar-refractivity contribution is 0.00706. The van der Waals surface area contributed by atoms with Crippen molar-refractivity contribution in [3.63, 3.8) is 0 Å². The number of halogens is 3. The van der Waals surface area contributed by atoms with Crippen LogP contribution >= 0.6 is 11.6 Å². The highest BCUT2D eigenvalue weighted by Crippen LogP contribution is 2.31. The third-order valence-corrected chi connectivity index (χ3v) is 6.50. The van der Waals surface area contributed by atoms with E-state index >= 15 is 0 Å². The Labute approximate surface area is 216 Å². The third-order valence-electron chi connectivity index (χ3n) is 6.22. The van der Waals surface area contributed by atoms with Crippen LogP contribution in [-0.2, 0) is 16.0 Å². The predicted molar refractivity (Wildman–Crippen MR) is 131 cm³/mol. The van der Waals surface area contributed by atoms with Gasteiger partial charge in [0.25, 0.3) is 6.01 Å². The second-order valence-corrected chi connectivity index (χ2v) is 9.68. The standard InChI is InChI=1S/C24H28ClF2N5O5/c1-32(2)4-3-5-34-12-6-15(26)13(16(27)7-12)9-28-22-14(25)8-17-23(30-22)31-24(29-17)37-19-11-36-20-18(33)10-35-21(19)20/h6-8,18-21,33H,3-5,9-11H2,1-2H3,(H2,28,29,30,31)/t18-,19-,20-,21-/m1/s1. The summed E-state index contributed by atoms with van der Waals surface area (Å²) in [5.74, 6) is -1.13. The van der Waals surface area contributed by atoms with Crippen molar-refractivity contribution in [2.75, 3.05) is 45.8 Å². The summed E-state index contributed by atoms with van der Waals surface area (Å²) >= 11 is 6.34. The van der Waals surface area contributed by atoms with Gasteiger partial charge in [-0.05, 0) is 26.6 Å². The summed E-state index contributed by atoms with van der Waals surface area (Å²) in [5, 5.41) is 13.0. The minimum Gasteiger partial charge on any atom is -0.493 e. The van der Waals surface area contributed by atoms with Gasteiger partial charge in [-0.1, -0.05) is 11.6 Å². The highest BCUT2D eigenvalue weighted by molar-refractivity contribution is 6.33. The molecule has 2 fully saturated rings. The number of hydrogen-bond acceptors (Lipinski definition) is 9. The van der Waals surface area contributed by atoms with Gasteiger partial charge in [-0.3, -0.25) is 0 Å². The molecule has 0 radical (unpaired) electrons. The molecule has 2 aliphatic rings. The summed E-state index contributed by atoms with van der Waals surface area (Å²) in [6.07, 6.45) is -1.21. The van der Waals surface area contributed by atoms with Crippen LogP contribution in [0.3, 0.4) is 0 Å². The van der Waals surface area contributed by atoms with Gasteiger partial charge in [0.1, 0.15) is 41.5 Å². The van der Waals surface area contributed by atoms with Crippen LogP contribution < -0.4 is 14.8 Å². The highest BCUT2D eigenvalue weighted by atomic mass is 35.5. The number of benzene rings is 1. The van der Waals surface area contributed by atoms with Crippen molar-refractivity contribution >= 4 is 28.6 Å². The topological polar surface area (TPSA) is 114 Å². The number of imidazole rings is 1. The van der Waals surface area contributed by atoms with Gasteiger partial charge in [-0.2, -0.15) is 4.98 Å². The van der Waals surface area contributed by atoms with E-state index in [9.17, 15) is 13.9 Å². The lowest BCUT2D eigenvalue weighted by Gasteiger charge is -2.15. The van der Waals surface area contributed by atoms with Crippen molar-refractivity contribution in [1.82, 2.24) is 19.9 Å². The van der Waals surface area contributed by atoms with Crippen molar-refractivity contribution in [3.8, 4) is 11.8 Å². The largest absolute Gasteiger partial charge is 0.493 e. The molecule has 0 spiro atoms. The van der Waals surface area contributed by atoms with Gasteiger partial charge in [0.15, 0.2) is 11.8 Å². The van der Waals surface area contributed by atoms with E-state index in [1.54, 1.807) is 6.07 Å². The van der Waals surface area contributed by atoms with Gasteiger partial charge >= 0.3 is 0 Å². The van der Waals surface area contributed by atoms with E-state index in [2.05, 4.69) is 20.3 Å². The first kappa shape index (κ1) is 25.9. The number of H-pyrrole nitrogens is 1. The van der Waals surface area contributed by atoms with Crippen LogP contribution in [-0.4, -0.2) is 89.8 Å². The zero-order valence-corrected chi connectivity index (χ0v) is 21.1. The lowest BCUT2D eigenvalue weighted by atomic mass is 10.1. The molecule has 37 heavy (non-hydrogen) atoms. The molecule has 10 nitrogen and oxygen atoms in total. The minimum absolute atomic E-state index is 0.135. The van der Waals surface area contributed by atoms with Crippen LogP contribution in [0.1, 0.15) is 12.0 Å². The molecule has 4 heterocycles. The van der Waals surface area contributed by atoms with E-state index in [-0.39, 0.29) is 47.9 Å². The molecule has 3 N–H and O–H groups in total. The number of rotatable bonds is 10. The maximum Gasteiger partial charge on any atom is 0.296 e. The Balaban J connectivity index is 1.23. The second kappa shape index (κ2) is 10.9. The molecule has 5 rings (SSSR count). The normalized spacial score (nSPS) is 23.1. The molecule has 13 heteroatoms. The average Bonchev–Trinajstić information content (AvgIpc) is 3.53. The molecule has 4 atom stereocenters. The molecule has 2 saturated heterocycles. The summed E-state index contributed by atoms with van der Waals surface area (Å²) < 4.78 is 51.7. The maximum atomic E-state index is 14.6. The fraction of sp³-hybridized carbons (Fsp3) is 0.500. The molecule has 0 bridgehead atoms. The first-order valence-corrected chi connectivity index (χ1v) is 12.3. The highest BCUT2D eigenvalue weighted by Gasteiger charge is 2.48.